The summed E-state index contributed by atoms with van der Waals surface area (Å²) in [6.07, 6.45) is 0. The van der Waals surface area contributed by atoms with Crippen LogP contribution < -0.4 is 0 Å². The highest BCUT2D eigenvalue weighted by Gasteiger charge is 2.30. The zero-order valence-corrected chi connectivity index (χ0v) is 10.3. The van der Waals surface area contributed by atoms with Crippen LogP contribution >= 0.6 is 0 Å². The van der Waals surface area contributed by atoms with Gasteiger partial charge in [-0.1, -0.05) is 30.3 Å². The van der Waals surface area contributed by atoms with Gasteiger partial charge in [0.2, 0.25) is 11.8 Å². The second-order valence-electron chi connectivity index (χ2n) is 3.75. The van der Waals surface area contributed by atoms with Crippen molar-refractivity contribution < 1.29 is 23.2 Å². The van der Waals surface area contributed by atoms with E-state index in [0.29, 0.717) is 0 Å². The third-order valence-corrected chi connectivity index (χ3v) is 3.43. The topological polar surface area (TPSA) is 121 Å². The quantitative estimate of drug-likeness (QED) is 0.714. The highest BCUT2D eigenvalue weighted by Crippen LogP contribution is 2.29. The minimum atomic E-state index is -4.55. The smallest absolute Gasteiger partial charge is 0.279 e. The molecule has 0 radical (unpaired) electrons. The molecule has 8 heteroatoms. The number of benzene rings is 1. The fraction of sp³-hybridized carbons (Fsp3) is 0.0909. The molecule has 1 aromatic carbocycles. The molecule has 0 saturated carbocycles. The van der Waals surface area contributed by atoms with E-state index in [1.165, 1.54) is 12.1 Å². The molecule has 0 saturated heterocycles. The Kier molecular flexibility index (Phi) is 3.36. The van der Waals surface area contributed by atoms with Gasteiger partial charge < -0.3 is 10.2 Å². The molecule has 0 amide bonds. The highest BCUT2D eigenvalue weighted by molar-refractivity contribution is 7.86. The molecule has 1 aromatic heterocycles. The molecule has 7 nitrogen and oxygen atoms in total. The highest BCUT2D eigenvalue weighted by atomic mass is 32.2. The summed E-state index contributed by atoms with van der Waals surface area (Å²) in [5, 5.41) is 17.0. The van der Waals surface area contributed by atoms with Gasteiger partial charge in [-0.25, -0.2) is 0 Å². The van der Waals surface area contributed by atoms with E-state index < -0.39 is 33.0 Å². The number of hydrogen-bond donors (Lipinski definition) is 3. The lowest BCUT2D eigenvalue weighted by Crippen LogP contribution is -2.16. The van der Waals surface area contributed by atoms with Crippen LogP contribution in [-0.2, 0) is 10.1 Å². The molecule has 0 fully saturated rings. The Morgan fingerprint density at radius 1 is 1.00 bits per heavy atom. The summed E-state index contributed by atoms with van der Waals surface area (Å²) >= 11 is 0. The van der Waals surface area contributed by atoms with Crippen LogP contribution in [0.2, 0.25) is 0 Å². The van der Waals surface area contributed by atoms with Gasteiger partial charge in [0, 0.05) is 0 Å². The van der Waals surface area contributed by atoms with Crippen molar-refractivity contribution in [2.45, 2.75) is 5.25 Å². The van der Waals surface area contributed by atoms with Crippen molar-refractivity contribution in [2.75, 3.05) is 0 Å². The largest absolute Gasteiger partial charge is 0.493 e. The molecule has 2 aromatic rings. The van der Waals surface area contributed by atoms with Gasteiger partial charge in [0.05, 0.1) is 6.07 Å². The van der Waals surface area contributed by atoms with Crippen molar-refractivity contribution in [3.63, 3.8) is 0 Å². The average Bonchev–Trinajstić information content (AvgIpc) is 2.27. The molecule has 0 aliphatic heterocycles. The van der Waals surface area contributed by atoms with Gasteiger partial charge >= 0.3 is 0 Å². The number of aromatic hydroxyl groups is 2. The van der Waals surface area contributed by atoms with Crippen molar-refractivity contribution in [1.82, 2.24) is 9.97 Å². The normalized spacial score (nSPS) is 13.1. The van der Waals surface area contributed by atoms with Crippen molar-refractivity contribution >= 4 is 10.1 Å². The zero-order chi connectivity index (χ0) is 14.0. The van der Waals surface area contributed by atoms with Gasteiger partial charge in [-0.05, 0) is 5.56 Å². The first-order valence-corrected chi connectivity index (χ1v) is 6.66. The molecule has 2 rings (SSSR count). The summed E-state index contributed by atoms with van der Waals surface area (Å²) in [6.45, 7) is 0. The second kappa shape index (κ2) is 4.82. The minimum absolute atomic E-state index is 0.218. The van der Waals surface area contributed by atoms with Crippen LogP contribution in [0.15, 0.2) is 36.4 Å². The Morgan fingerprint density at radius 2 is 1.53 bits per heavy atom. The fourth-order valence-electron chi connectivity index (χ4n) is 1.64. The third kappa shape index (κ3) is 2.98. The van der Waals surface area contributed by atoms with E-state index in [2.05, 4.69) is 9.97 Å². The van der Waals surface area contributed by atoms with Crippen molar-refractivity contribution in [3.05, 3.63) is 47.8 Å². The van der Waals surface area contributed by atoms with E-state index in [1.807, 2.05) is 0 Å². The predicted octanol–water partition coefficient (Wildman–Crippen LogP) is 0.865. The van der Waals surface area contributed by atoms with E-state index >= 15 is 0 Å². The van der Waals surface area contributed by atoms with Crippen LogP contribution in [0.3, 0.4) is 0 Å². The first-order valence-electron chi connectivity index (χ1n) is 5.16. The molecular formula is C11H10N2O5S. The molecule has 0 bridgehead atoms. The number of rotatable bonds is 3. The maximum atomic E-state index is 11.5. The monoisotopic (exact) mass is 282 g/mol. The molecule has 1 unspecified atom stereocenters. The first-order chi connectivity index (χ1) is 8.88. The molecule has 1 atom stereocenters. The van der Waals surface area contributed by atoms with Crippen LogP contribution in [0.5, 0.6) is 11.8 Å². The molecule has 0 aliphatic rings. The SMILES string of the molecule is O=S(=O)(O)C(c1ccccc1)c1nc(O)cc(O)n1. The minimum Gasteiger partial charge on any atom is -0.493 e. The Bertz CT molecular complexity index is 667. The summed E-state index contributed by atoms with van der Waals surface area (Å²) in [6, 6.07) is 8.61. The van der Waals surface area contributed by atoms with Crippen LogP contribution in [0, 0.1) is 0 Å². The van der Waals surface area contributed by atoms with Gasteiger partial charge in [0.15, 0.2) is 11.1 Å². The van der Waals surface area contributed by atoms with E-state index in [-0.39, 0.29) is 5.56 Å². The van der Waals surface area contributed by atoms with E-state index in [1.54, 1.807) is 18.2 Å². The average molecular weight is 282 g/mol. The molecule has 3 N–H and O–H groups in total. The maximum Gasteiger partial charge on any atom is 0.279 e. The summed E-state index contributed by atoms with van der Waals surface area (Å²) in [5.74, 6) is -1.59. The zero-order valence-electron chi connectivity index (χ0n) is 9.50. The van der Waals surface area contributed by atoms with Gasteiger partial charge in [-0.15, -0.1) is 0 Å². The Labute approximate surface area is 109 Å². The lowest BCUT2D eigenvalue weighted by molar-refractivity contribution is 0.415. The van der Waals surface area contributed by atoms with Gasteiger partial charge in [0.25, 0.3) is 10.1 Å². The third-order valence-electron chi connectivity index (χ3n) is 2.35. The van der Waals surface area contributed by atoms with E-state index in [4.69, 9.17) is 0 Å². The van der Waals surface area contributed by atoms with Crippen molar-refractivity contribution in [2.24, 2.45) is 0 Å². The van der Waals surface area contributed by atoms with E-state index in [0.717, 1.165) is 6.07 Å². The van der Waals surface area contributed by atoms with Gasteiger partial charge in [0.1, 0.15) is 0 Å². The maximum absolute atomic E-state index is 11.5. The van der Waals surface area contributed by atoms with Crippen LogP contribution in [-0.4, -0.2) is 33.2 Å². The summed E-state index contributed by atoms with van der Waals surface area (Å²) in [4.78, 5) is 7.04. The number of nitrogens with zero attached hydrogens (tertiary/aromatic N) is 2. The Morgan fingerprint density at radius 3 is 2.00 bits per heavy atom. The lowest BCUT2D eigenvalue weighted by Gasteiger charge is -2.13. The first kappa shape index (κ1) is 13.2. The Balaban J connectivity index is 2.63. The van der Waals surface area contributed by atoms with Crippen LogP contribution in [0.1, 0.15) is 16.6 Å². The predicted molar refractivity (Wildman–Crippen MR) is 65.2 cm³/mol. The number of aromatic nitrogens is 2. The molecule has 0 spiro atoms. The van der Waals surface area contributed by atoms with E-state index in [9.17, 15) is 23.2 Å². The lowest BCUT2D eigenvalue weighted by atomic mass is 10.1. The molecular weight excluding hydrogens is 272 g/mol. The molecule has 100 valence electrons. The molecule has 19 heavy (non-hydrogen) atoms. The van der Waals surface area contributed by atoms with Crippen LogP contribution in [0.25, 0.3) is 0 Å². The standard InChI is InChI=1S/C11H10N2O5S/c14-8-6-9(15)13-11(12-8)10(19(16,17)18)7-4-2-1-3-5-7/h1-6,10H,(H,16,17,18)(H2,12,13,14,15). The fourth-order valence-corrected chi connectivity index (χ4v) is 2.51. The summed E-state index contributed by atoms with van der Waals surface area (Å²) in [5.41, 5.74) is 0.218. The second-order valence-corrected chi connectivity index (χ2v) is 5.25. The van der Waals surface area contributed by atoms with Gasteiger partial charge in [-0.3, -0.25) is 4.55 Å². The molecule has 0 aliphatic carbocycles. The summed E-state index contributed by atoms with van der Waals surface area (Å²) < 4.78 is 32.2. The number of hydrogen-bond acceptors (Lipinski definition) is 6. The van der Waals surface area contributed by atoms with Gasteiger partial charge in [-0.2, -0.15) is 18.4 Å². The van der Waals surface area contributed by atoms with Crippen molar-refractivity contribution in [1.29, 1.82) is 0 Å². The summed E-state index contributed by atoms with van der Waals surface area (Å²) in [7, 11) is -4.55. The van der Waals surface area contributed by atoms with Crippen molar-refractivity contribution in [3.8, 4) is 11.8 Å². The Hall–Kier alpha value is -2.19. The molecule has 1 heterocycles. The van der Waals surface area contributed by atoms with Crippen LogP contribution in [0.4, 0.5) is 0 Å².